The van der Waals surface area contributed by atoms with Crippen LogP contribution in [0.4, 0.5) is 0 Å². The van der Waals surface area contributed by atoms with Crippen LogP contribution in [0.25, 0.3) is 0 Å². The van der Waals surface area contributed by atoms with Crippen LogP contribution in [-0.4, -0.2) is 49.7 Å². The van der Waals surface area contributed by atoms with Crippen LogP contribution in [0.2, 0.25) is 0 Å². The molecule has 2 aliphatic heterocycles. The Morgan fingerprint density at radius 2 is 2.07 bits per heavy atom. The molecule has 86 valence electrons. The maximum absolute atomic E-state index is 11.7. The van der Waals surface area contributed by atoms with Crippen LogP contribution in [0.5, 0.6) is 0 Å². The number of rotatable bonds is 2. The minimum atomic E-state index is -0.0398. The zero-order valence-corrected chi connectivity index (χ0v) is 9.37. The lowest BCUT2D eigenvalue weighted by molar-refractivity contribution is -0.153. The van der Waals surface area contributed by atoms with Crippen LogP contribution in [-0.2, 0) is 9.53 Å². The summed E-state index contributed by atoms with van der Waals surface area (Å²) in [6.07, 6.45) is 4.14. The Kier molecular flexibility index (Phi) is 3.59. The summed E-state index contributed by atoms with van der Waals surface area (Å²) in [6, 6.07) is -0.0374. The van der Waals surface area contributed by atoms with Gasteiger partial charge in [-0.3, -0.25) is 4.79 Å². The number of nitrogens with one attached hydrogen (secondary N) is 1. The Bertz CT molecular complexity index is 219. The number of nitrogens with zero attached hydrogens (tertiary/aromatic N) is 1. The Labute approximate surface area is 91.0 Å². The number of piperidine rings is 1. The second-order valence-electron chi connectivity index (χ2n) is 4.59. The molecule has 0 aromatic heterocycles. The first-order chi connectivity index (χ1) is 7.25. The molecule has 0 bridgehead atoms. The molecule has 0 unspecified atom stereocenters. The molecule has 0 saturated carbocycles. The van der Waals surface area contributed by atoms with Gasteiger partial charge in [0.05, 0.1) is 0 Å². The third-order valence-electron chi connectivity index (χ3n) is 3.29. The molecule has 4 heteroatoms. The van der Waals surface area contributed by atoms with Crippen molar-refractivity contribution >= 4 is 5.97 Å². The summed E-state index contributed by atoms with van der Waals surface area (Å²) in [5, 5.41) is 3.17. The maximum atomic E-state index is 11.7. The summed E-state index contributed by atoms with van der Waals surface area (Å²) < 4.78 is 5.50. The van der Waals surface area contributed by atoms with Gasteiger partial charge in [-0.15, -0.1) is 0 Å². The van der Waals surface area contributed by atoms with Gasteiger partial charge in [0.1, 0.15) is 12.1 Å². The van der Waals surface area contributed by atoms with Crippen molar-refractivity contribution in [2.45, 2.75) is 37.8 Å². The van der Waals surface area contributed by atoms with E-state index in [0.29, 0.717) is 0 Å². The van der Waals surface area contributed by atoms with Gasteiger partial charge in [0.2, 0.25) is 0 Å². The van der Waals surface area contributed by atoms with Gasteiger partial charge >= 0.3 is 5.97 Å². The lowest BCUT2D eigenvalue weighted by Crippen LogP contribution is -2.39. The highest BCUT2D eigenvalue weighted by atomic mass is 16.5. The minimum Gasteiger partial charge on any atom is -0.461 e. The van der Waals surface area contributed by atoms with Crippen LogP contribution >= 0.6 is 0 Å². The fourth-order valence-electron chi connectivity index (χ4n) is 2.23. The van der Waals surface area contributed by atoms with Crippen LogP contribution in [0, 0.1) is 0 Å². The number of hydrogen-bond acceptors (Lipinski definition) is 4. The van der Waals surface area contributed by atoms with Gasteiger partial charge in [-0.05, 0) is 39.3 Å². The first kappa shape index (κ1) is 10.9. The molecule has 0 aromatic carbocycles. The molecule has 2 saturated heterocycles. The van der Waals surface area contributed by atoms with Crippen molar-refractivity contribution in [3.05, 3.63) is 0 Å². The van der Waals surface area contributed by atoms with E-state index in [1.807, 2.05) is 0 Å². The number of carbonyl (C=O) groups is 1. The summed E-state index contributed by atoms with van der Waals surface area (Å²) in [4.78, 5) is 14.0. The van der Waals surface area contributed by atoms with Crippen LogP contribution in [0.1, 0.15) is 25.7 Å². The van der Waals surface area contributed by atoms with Crippen LogP contribution in [0.3, 0.4) is 0 Å². The van der Waals surface area contributed by atoms with Crippen molar-refractivity contribution in [2.75, 3.05) is 26.7 Å². The molecule has 0 aliphatic carbocycles. The summed E-state index contributed by atoms with van der Waals surface area (Å²) in [5.74, 6) is -0.0398. The SMILES string of the molecule is CN1CCC(OC(=O)[C@@H]2CCCN2)CC1. The Balaban J connectivity index is 1.74. The zero-order valence-electron chi connectivity index (χ0n) is 9.37. The van der Waals surface area contributed by atoms with Gasteiger partial charge in [0.15, 0.2) is 0 Å². The molecule has 4 nitrogen and oxygen atoms in total. The van der Waals surface area contributed by atoms with Crippen molar-refractivity contribution in [2.24, 2.45) is 0 Å². The number of likely N-dealkylation sites (tertiary alicyclic amines) is 1. The highest BCUT2D eigenvalue weighted by Crippen LogP contribution is 2.15. The number of carbonyl (C=O) groups excluding carboxylic acids is 1. The molecule has 0 spiro atoms. The first-order valence-corrected chi connectivity index (χ1v) is 5.88. The monoisotopic (exact) mass is 212 g/mol. The van der Waals surface area contributed by atoms with Crippen molar-refractivity contribution in [3.8, 4) is 0 Å². The fraction of sp³-hybridized carbons (Fsp3) is 0.909. The van der Waals surface area contributed by atoms with E-state index in [9.17, 15) is 4.79 Å². The molecule has 2 heterocycles. The van der Waals surface area contributed by atoms with Gasteiger partial charge in [0, 0.05) is 13.1 Å². The largest absolute Gasteiger partial charge is 0.461 e. The lowest BCUT2D eigenvalue weighted by atomic mass is 10.1. The molecule has 0 aromatic rings. The average Bonchev–Trinajstić information content (AvgIpc) is 2.74. The van der Waals surface area contributed by atoms with E-state index in [2.05, 4.69) is 17.3 Å². The molecule has 2 fully saturated rings. The number of ether oxygens (including phenoxy) is 1. The minimum absolute atomic E-state index is 0.0374. The van der Waals surface area contributed by atoms with E-state index in [1.54, 1.807) is 0 Å². The second kappa shape index (κ2) is 4.94. The third kappa shape index (κ3) is 2.92. The van der Waals surface area contributed by atoms with E-state index in [0.717, 1.165) is 45.3 Å². The van der Waals surface area contributed by atoms with E-state index < -0.39 is 0 Å². The summed E-state index contributed by atoms with van der Waals surface area (Å²) in [7, 11) is 2.11. The Hall–Kier alpha value is -0.610. The number of hydrogen-bond donors (Lipinski definition) is 1. The molecule has 0 amide bonds. The van der Waals surface area contributed by atoms with Gasteiger partial charge in [-0.2, -0.15) is 0 Å². The molecular formula is C11H20N2O2. The van der Waals surface area contributed by atoms with Crippen molar-refractivity contribution in [1.29, 1.82) is 0 Å². The molecule has 0 radical (unpaired) electrons. The van der Waals surface area contributed by atoms with Crippen molar-refractivity contribution in [1.82, 2.24) is 10.2 Å². The molecule has 1 atom stereocenters. The third-order valence-corrected chi connectivity index (χ3v) is 3.29. The molecule has 15 heavy (non-hydrogen) atoms. The highest BCUT2D eigenvalue weighted by Gasteiger charge is 2.27. The van der Waals surface area contributed by atoms with E-state index in [-0.39, 0.29) is 18.1 Å². The topological polar surface area (TPSA) is 41.6 Å². The summed E-state index contributed by atoms with van der Waals surface area (Å²) in [6.45, 7) is 3.03. The van der Waals surface area contributed by atoms with Crippen LogP contribution < -0.4 is 5.32 Å². The summed E-state index contributed by atoms with van der Waals surface area (Å²) in [5.41, 5.74) is 0. The van der Waals surface area contributed by atoms with Crippen molar-refractivity contribution < 1.29 is 9.53 Å². The smallest absolute Gasteiger partial charge is 0.323 e. The number of esters is 1. The Morgan fingerprint density at radius 3 is 2.67 bits per heavy atom. The van der Waals surface area contributed by atoms with Crippen molar-refractivity contribution in [3.63, 3.8) is 0 Å². The van der Waals surface area contributed by atoms with Gasteiger partial charge in [-0.1, -0.05) is 0 Å². The van der Waals surface area contributed by atoms with Gasteiger partial charge in [0.25, 0.3) is 0 Å². The molecule has 2 rings (SSSR count). The molecule has 2 aliphatic rings. The fourth-order valence-corrected chi connectivity index (χ4v) is 2.23. The summed E-state index contributed by atoms with van der Waals surface area (Å²) >= 11 is 0. The first-order valence-electron chi connectivity index (χ1n) is 5.88. The highest BCUT2D eigenvalue weighted by molar-refractivity contribution is 5.76. The van der Waals surface area contributed by atoms with E-state index >= 15 is 0 Å². The standard InChI is InChI=1S/C11H20N2O2/c1-13-7-4-9(5-8-13)15-11(14)10-3-2-6-12-10/h9-10,12H,2-8H2,1H3/t10-/m0/s1. The molecular weight excluding hydrogens is 192 g/mol. The van der Waals surface area contributed by atoms with E-state index in [4.69, 9.17) is 4.74 Å². The lowest BCUT2D eigenvalue weighted by Gasteiger charge is -2.29. The predicted octanol–water partition coefficient (Wildman–Crippen LogP) is 0.376. The Morgan fingerprint density at radius 1 is 1.33 bits per heavy atom. The quantitative estimate of drug-likeness (QED) is 0.672. The second-order valence-corrected chi connectivity index (χ2v) is 4.59. The average molecular weight is 212 g/mol. The maximum Gasteiger partial charge on any atom is 0.323 e. The predicted molar refractivity (Wildman–Crippen MR) is 57.6 cm³/mol. The van der Waals surface area contributed by atoms with Crippen LogP contribution in [0.15, 0.2) is 0 Å². The van der Waals surface area contributed by atoms with E-state index in [1.165, 1.54) is 0 Å². The zero-order chi connectivity index (χ0) is 10.7. The molecule has 1 N–H and O–H groups in total. The normalized spacial score (nSPS) is 29.3. The van der Waals surface area contributed by atoms with Gasteiger partial charge in [-0.25, -0.2) is 0 Å². The van der Waals surface area contributed by atoms with Gasteiger partial charge < -0.3 is 15.0 Å².